The highest BCUT2D eigenvalue weighted by molar-refractivity contribution is 9.10. The van der Waals surface area contributed by atoms with Crippen LogP contribution in [-0.2, 0) is 4.79 Å². The quantitative estimate of drug-likeness (QED) is 0.512. The van der Waals surface area contributed by atoms with Crippen molar-refractivity contribution in [1.29, 1.82) is 0 Å². The molecule has 1 aromatic heterocycles. The molecule has 1 atom stereocenters. The Bertz CT molecular complexity index is 1020. The molecule has 3 rings (SSSR count). The molecule has 1 aliphatic heterocycles. The number of hydrogen-bond acceptors (Lipinski definition) is 6. The Kier molecular flexibility index (Phi) is 5.06. The number of aromatic nitrogens is 1. The van der Waals surface area contributed by atoms with Crippen LogP contribution < -0.4 is 4.90 Å². The number of aliphatic carboxylic acids is 1. The third-order valence-corrected chi connectivity index (χ3v) is 5.95. The van der Waals surface area contributed by atoms with Crippen molar-refractivity contribution in [3.05, 3.63) is 37.9 Å². The second-order valence-electron chi connectivity index (χ2n) is 6.47. The maximum absolute atomic E-state index is 12.1. The molecule has 1 unspecified atom stereocenters. The smallest absolute Gasteiger partial charge is 0.407 e. The van der Waals surface area contributed by atoms with Crippen molar-refractivity contribution in [2.24, 2.45) is 0 Å². The maximum Gasteiger partial charge on any atom is 0.407 e. The lowest BCUT2D eigenvalue weighted by molar-refractivity contribution is -0.384. The van der Waals surface area contributed by atoms with E-state index in [1.165, 1.54) is 17.9 Å². The van der Waals surface area contributed by atoms with E-state index in [9.17, 15) is 29.9 Å². The summed E-state index contributed by atoms with van der Waals surface area (Å²) in [5.74, 6) is -1.30. The molecule has 2 N–H and O–H groups in total. The predicted octanol–water partition coefficient (Wildman–Crippen LogP) is 3.20. The topological polar surface area (TPSA) is 137 Å². The minimum Gasteiger partial charge on any atom is -0.479 e. The maximum atomic E-state index is 12.1. The summed E-state index contributed by atoms with van der Waals surface area (Å²) in [7, 11) is 0. The zero-order valence-corrected chi connectivity index (χ0v) is 16.8. The average Bonchev–Trinajstić information content (AvgIpc) is 2.61. The number of nitro groups is 1. The Labute approximate surface area is 171 Å². The number of hydrogen-bond donors (Lipinski definition) is 2. The van der Waals surface area contributed by atoms with E-state index in [4.69, 9.17) is 11.6 Å². The van der Waals surface area contributed by atoms with Gasteiger partial charge in [-0.2, -0.15) is 0 Å². The molecule has 1 saturated heterocycles. The summed E-state index contributed by atoms with van der Waals surface area (Å²) in [6.07, 6.45) is -0.197. The van der Waals surface area contributed by atoms with Gasteiger partial charge < -0.3 is 20.0 Å². The molecule has 148 valence electrons. The standard InChI is InChI=1S/C16H14BrClN4O6/c1-16(14(23)24)7-20(15(25)26)2-3-21(16)13-8-4-10(18)9(17)5-11(8)19-6-12(13)22(27)28/h4-6H,2-3,7H2,1H3,(H,23,24)(H,25,26). The van der Waals surface area contributed by atoms with Gasteiger partial charge in [0.25, 0.3) is 0 Å². The number of halogens is 2. The van der Waals surface area contributed by atoms with Gasteiger partial charge in [0.15, 0.2) is 5.54 Å². The summed E-state index contributed by atoms with van der Waals surface area (Å²) in [6.45, 7) is 0.913. The van der Waals surface area contributed by atoms with Gasteiger partial charge in [-0.25, -0.2) is 14.6 Å². The second kappa shape index (κ2) is 7.06. The number of pyridine rings is 1. The third-order valence-electron chi connectivity index (χ3n) is 4.75. The molecule has 0 spiro atoms. The molecule has 1 aromatic carbocycles. The Morgan fingerprint density at radius 2 is 2.04 bits per heavy atom. The molecule has 1 fully saturated rings. The third kappa shape index (κ3) is 3.20. The average molecular weight is 474 g/mol. The van der Waals surface area contributed by atoms with Gasteiger partial charge in [-0.05, 0) is 35.0 Å². The van der Waals surface area contributed by atoms with Crippen LogP contribution in [0.15, 0.2) is 22.8 Å². The van der Waals surface area contributed by atoms with Gasteiger partial charge in [-0.1, -0.05) is 11.6 Å². The van der Waals surface area contributed by atoms with Crippen molar-refractivity contribution < 1.29 is 24.7 Å². The number of rotatable bonds is 3. The van der Waals surface area contributed by atoms with Crippen LogP contribution in [-0.4, -0.2) is 62.3 Å². The summed E-state index contributed by atoms with van der Waals surface area (Å²) in [5, 5.41) is 31.4. The van der Waals surface area contributed by atoms with Crippen LogP contribution in [0.3, 0.4) is 0 Å². The van der Waals surface area contributed by atoms with Crippen molar-refractivity contribution in [3.63, 3.8) is 0 Å². The number of nitrogens with zero attached hydrogens (tertiary/aromatic N) is 4. The molecule has 1 aliphatic rings. The number of piperazine rings is 1. The van der Waals surface area contributed by atoms with E-state index < -0.39 is 22.5 Å². The SMILES string of the molecule is CC1(C(=O)O)CN(C(=O)O)CCN1c1c([N+](=O)[O-])cnc2cc(Br)c(Cl)cc12. The van der Waals surface area contributed by atoms with Crippen LogP contribution in [0.2, 0.25) is 5.02 Å². The molecule has 10 nitrogen and oxygen atoms in total. The minimum absolute atomic E-state index is 0.0105. The number of carbonyl (C=O) groups is 2. The number of fused-ring (bicyclic) bond motifs is 1. The summed E-state index contributed by atoms with van der Waals surface area (Å²) < 4.78 is 0.533. The molecule has 12 heteroatoms. The largest absolute Gasteiger partial charge is 0.479 e. The normalized spacial score (nSPS) is 19.7. The summed E-state index contributed by atoms with van der Waals surface area (Å²) in [4.78, 5) is 40.9. The van der Waals surface area contributed by atoms with Crippen molar-refractivity contribution in [2.45, 2.75) is 12.5 Å². The Hall–Kier alpha value is -2.66. The van der Waals surface area contributed by atoms with Crippen molar-refractivity contribution in [2.75, 3.05) is 24.5 Å². The molecule has 2 aromatic rings. The first-order valence-electron chi connectivity index (χ1n) is 7.97. The van der Waals surface area contributed by atoms with Crippen LogP contribution in [0.5, 0.6) is 0 Å². The van der Waals surface area contributed by atoms with Crippen molar-refractivity contribution in [3.8, 4) is 0 Å². The van der Waals surface area contributed by atoms with Crippen LogP contribution in [0.25, 0.3) is 10.9 Å². The molecule has 0 aliphatic carbocycles. The molecule has 2 heterocycles. The van der Waals surface area contributed by atoms with Gasteiger partial charge in [0.05, 0.1) is 22.0 Å². The Balaban J connectivity index is 2.29. The number of amides is 1. The highest BCUT2D eigenvalue weighted by Crippen LogP contribution is 2.42. The van der Waals surface area contributed by atoms with E-state index in [0.29, 0.717) is 15.4 Å². The van der Waals surface area contributed by atoms with Crippen LogP contribution in [0.4, 0.5) is 16.2 Å². The van der Waals surface area contributed by atoms with Gasteiger partial charge in [0.1, 0.15) is 11.9 Å². The first kappa shape index (κ1) is 20.1. The number of carboxylic acid groups (broad SMARTS) is 2. The van der Waals surface area contributed by atoms with Gasteiger partial charge >= 0.3 is 17.7 Å². The summed E-state index contributed by atoms with van der Waals surface area (Å²) >= 11 is 9.43. The van der Waals surface area contributed by atoms with Gasteiger partial charge in [0, 0.05) is 22.9 Å². The molecule has 0 saturated carbocycles. The van der Waals surface area contributed by atoms with E-state index in [2.05, 4.69) is 20.9 Å². The van der Waals surface area contributed by atoms with Crippen LogP contribution in [0.1, 0.15) is 6.92 Å². The Morgan fingerprint density at radius 1 is 1.36 bits per heavy atom. The summed E-state index contributed by atoms with van der Waals surface area (Å²) in [5.41, 5.74) is -1.69. The minimum atomic E-state index is -1.73. The molecule has 0 bridgehead atoms. The molecule has 28 heavy (non-hydrogen) atoms. The lowest BCUT2D eigenvalue weighted by Gasteiger charge is -2.46. The second-order valence-corrected chi connectivity index (χ2v) is 7.73. The van der Waals surface area contributed by atoms with E-state index in [1.54, 1.807) is 6.07 Å². The molecule has 1 amide bonds. The monoisotopic (exact) mass is 472 g/mol. The molecule has 0 radical (unpaired) electrons. The summed E-state index contributed by atoms with van der Waals surface area (Å²) in [6, 6.07) is 3.05. The fourth-order valence-electron chi connectivity index (χ4n) is 3.29. The molecular weight excluding hydrogens is 460 g/mol. The van der Waals surface area contributed by atoms with Crippen LogP contribution in [0, 0.1) is 10.1 Å². The van der Waals surface area contributed by atoms with E-state index >= 15 is 0 Å². The lowest BCUT2D eigenvalue weighted by Crippen LogP contribution is -2.65. The predicted molar refractivity (Wildman–Crippen MR) is 104 cm³/mol. The first-order valence-corrected chi connectivity index (χ1v) is 9.14. The number of carboxylic acids is 1. The highest BCUT2D eigenvalue weighted by atomic mass is 79.9. The van der Waals surface area contributed by atoms with Crippen molar-refractivity contribution >= 4 is 61.9 Å². The van der Waals surface area contributed by atoms with Gasteiger partial charge in [-0.15, -0.1) is 0 Å². The van der Waals surface area contributed by atoms with Gasteiger partial charge in [-0.3, -0.25) is 10.1 Å². The first-order chi connectivity index (χ1) is 13.1. The molecular formula is C16H14BrClN4O6. The number of anilines is 1. The van der Waals surface area contributed by atoms with E-state index in [-0.39, 0.29) is 36.0 Å². The zero-order chi connectivity index (χ0) is 20.8. The lowest BCUT2D eigenvalue weighted by atomic mass is 9.94. The Morgan fingerprint density at radius 3 is 2.61 bits per heavy atom. The fourth-order valence-corrected chi connectivity index (χ4v) is 3.78. The van der Waals surface area contributed by atoms with E-state index in [1.807, 2.05) is 0 Å². The van der Waals surface area contributed by atoms with E-state index in [0.717, 1.165) is 11.1 Å². The fraction of sp³-hybridized carbons (Fsp3) is 0.312. The van der Waals surface area contributed by atoms with Crippen molar-refractivity contribution in [1.82, 2.24) is 9.88 Å². The zero-order valence-electron chi connectivity index (χ0n) is 14.4. The highest BCUT2D eigenvalue weighted by Gasteiger charge is 2.48. The van der Waals surface area contributed by atoms with Gasteiger partial charge in [0.2, 0.25) is 0 Å². The van der Waals surface area contributed by atoms with Crippen LogP contribution >= 0.6 is 27.5 Å². The number of benzene rings is 1.